The molecule has 0 bridgehead atoms. The van der Waals surface area contributed by atoms with E-state index in [1.807, 2.05) is 0 Å². The molecule has 1 N–H and O–H groups in total. The molecule has 0 fully saturated rings. The number of nitrogens with one attached hydrogen (secondary N) is 1. The number of nitrogens with zero attached hydrogens (tertiary/aromatic N) is 1. The molecule has 0 saturated carbocycles. The predicted octanol–water partition coefficient (Wildman–Crippen LogP) is 3.87. The Kier molecular flexibility index (Phi) is 6.36. The molecule has 2 aromatic carbocycles. The molecule has 0 spiro atoms. The number of benzene rings is 2. The van der Waals surface area contributed by atoms with Crippen LogP contribution >= 0.6 is 0 Å². The highest BCUT2D eigenvalue weighted by atomic mass is 32.2. The normalized spacial score (nSPS) is 12.8. The van der Waals surface area contributed by atoms with Crippen LogP contribution in [0.4, 0.5) is 18.9 Å². The molecule has 27 heavy (non-hydrogen) atoms. The van der Waals surface area contributed by atoms with E-state index in [1.165, 1.54) is 25.3 Å². The van der Waals surface area contributed by atoms with Crippen LogP contribution in [0.3, 0.4) is 0 Å². The van der Waals surface area contributed by atoms with Crippen LogP contribution in [0.2, 0.25) is 0 Å². The molecule has 0 radical (unpaired) electrons. The molecule has 1 amide bonds. The SMILES string of the molecule is COc1ccc(/C=C(/C#N)C(=O)Nc2ccc([S@@](=O)C(F)(F)F)cc2)cc1. The minimum Gasteiger partial charge on any atom is -0.497 e. The average Bonchev–Trinajstić information content (AvgIpc) is 2.65. The summed E-state index contributed by atoms with van der Waals surface area (Å²) in [4.78, 5) is 11.7. The Labute approximate surface area is 155 Å². The van der Waals surface area contributed by atoms with Crippen LogP contribution in [-0.2, 0) is 15.6 Å². The van der Waals surface area contributed by atoms with E-state index in [0.29, 0.717) is 11.3 Å². The Morgan fingerprint density at radius 2 is 1.74 bits per heavy atom. The highest BCUT2D eigenvalue weighted by Gasteiger charge is 2.37. The Balaban J connectivity index is 2.13. The van der Waals surface area contributed by atoms with E-state index in [9.17, 15) is 27.4 Å². The van der Waals surface area contributed by atoms with Crippen LogP contribution in [0.15, 0.2) is 59.0 Å². The third-order valence-corrected chi connectivity index (χ3v) is 4.45. The molecule has 0 aliphatic rings. The molecule has 9 heteroatoms. The van der Waals surface area contributed by atoms with Crippen LogP contribution in [-0.4, -0.2) is 22.7 Å². The summed E-state index contributed by atoms with van der Waals surface area (Å²) in [5.74, 6) is -0.107. The molecule has 0 unspecified atom stereocenters. The minimum absolute atomic E-state index is 0.166. The first-order chi connectivity index (χ1) is 12.7. The van der Waals surface area contributed by atoms with Gasteiger partial charge in [0, 0.05) is 10.6 Å². The first kappa shape index (κ1) is 20.2. The van der Waals surface area contributed by atoms with E-state index >= 15 is 0 Å². The predicted molar refractivity (Wildman–Crippen MR) is 94.1 cm³/mol. The number of nitriles is 1. The number of amides is 1. The van der Waals surface area contributed by atoms with E-state index < -0.39 is 27.1 Å². The summed E-state index contributed by atoms with van der Waals surface area (Å²) < 4.78 is 53.5. The molecular formula is C18H13F3N2O3S. The van der Waals surface area contributed by atoms with Gasteiger partial charge in [0.25, 0.3) is 5.91 Å². The monoisotopic (exact) mass is 394 g/mol. The second kappa shape index (κ2) is 8.51. The van der Waals surface area contributed by atoms with Crippen molar-refractivity contribution in [2.45, 2.75) is 10.4 Å². The Morgan fingerprint density at radius 3 is 2.22 bits per heavy atom. The number of hydrogen-bond acceptors (Lipinski definition) is 4. The van der Waals surface area contributed by atoms with Gasteiger partial charge in [-0.2, -0.15) is 18.4 Å². The molecule has 2 rings (SSSR count). The highest BCUT2D eigenvalue weighted by Crippen LogP contribution is 2.27. The van der Waals surface area contributed by atoms with Crippen molar-refractivity contribution in [3.63, 3.8) is 0 Å². The van der Waals surface area contributed by atoms with E-state index in [-0.39, 0.29) is 11.3 Å². The van der Waals surface area contributed by atoms with Crippen molar-refractivity contribution in [3.05, 3.63) is 59.7 Å². The molecule has 0 heterocycles. The van der Waals surface area contributed by atoms with Crippen LogP contribution < -0.4 is 10.1 Å². The molecule has 5 nitrogen and oxygen atoms in total. The van der Waals surface area contributed by atoms with Gasteiger partial charge in [0.05, 0.1) is 7.11 Å². The zero-order valence-electron chi connectivity index (χ0n) is 13.9. The number of alkyl halides is 3. The Hall–Kier alpha value is -3.12. The number of anilines is 1. The lowest BCUT2D eigenvalue weighted by Gasteiger charge is -2.08. The number of hydrogen-bond donors (Lipinski definition) is 1. The van der Waals surface area contributed by atoms with Crippen molar-refractivity contribution < 1.29 is 26.9 Å². The van der Waals surface area contributed by atoms with E-state index in [2.05, 4.69) is 5.32 Å². The first-order valence-corrected chi connectivity index (χ1v) is 8.55. The fraction of sp³-hybridized carbons (Fsp3) is 0.111. The van der Waals surface area contributed by atoms with Crippen molar-refractivity contribution in [1.29, 1.82) is 5.26 Å². The summed E-state index contributed by atoms with van der Waals surface area (Å²) in [6.45, 7) is 0. The second-order valence-corrected chi connectivity index (χ2v) is 6.61. The van der Waals surface area contributed by atoms with Crippen molar-refractivity contribution in [2.75, 3.05) is 12.4 Å². The highest BCUT2D eigenvalue weighted by molar-refractivity contribution is 7.86. The molecule has 0 aliphatic heterocycles. The van der Waals surface area contributed by atoms with E-state index in [0.717, 1.165) is 12.1 Å². The van der Waals surface area contributed by atoms with Gasteiger partial charge in [0.15, 0.2) is 10.8 Å². The topological polar surface area (TPSA) is 79.2 Å². The van der Waals surface area contributed by atoms with Gasteiger partial charge in [-0.15, -0.1) is 0 Å². The molecule has 1 atom stereocenters. The summed E-state index contributed by atoms with van der Waals surface area (Å²) in [7, 11) is -1.64. The lowest BCUT2D eigenvalue weighted by Crippen LogP contribution is -2.16. The summed E-state index contributed by atoms with van der Waals surface area (Å²) in [5.41, 5.74) is -4.29. The van der Waals surface area contributed by atoms with Gasteiger partial charge in [0.1, 0.15) is 17.4 Å². The second-order valence-electron chi connectivity index (χ2n) is 5.14. The van der Waals surface area contributed by atoms with Crippen LogP contribution in [0.5, 0.6) is 5.75 Å². The van der Waals surface area contributed by atoms with Gasteiger partial charge in [-0.05, 0) is 48.0 Å². The molecule has 0 saturated heterocycles. The Bertz CT molecular complexity index is 915. The smallest absolute Gasteiger partial charge is 0.475 e. The van der Waals surface area contributed by atoms with Gasteiger partial charge in [-0.1, -0.05) is 12.1 Å². The maximum atomic E-state index is 12.4. The number of carbonyl (C=O) groups is 1. The molecular weight excluding hydrogens is 381 g/mol. The largest absolute Gasteiger partial charge is 0.497 e. The quantitative estimate of drug-likeness (QED) is 0.617. The standard InChI is InChI=1S/C18H13F3N2O3S/c1-26-15-6-2-12(3-7-15)10-13(11-22)17(24)23-14-4-8-16(9-5-14)27(25)18(19,20)21/h2-10H,1H3,(H,23,24)/b13-10-/t27-/m1/s1. The third-order valence-electron chi connectivity index (χ3n) is 3.33. The first-order valence-electron chi connectivity index (χ1n) is 7.40. The molecule has 0 aliphatic carbocycles. The van der Waals surface area contributed by atoms with Crippen molar-refractivity contribution in [3.8, 4) is 11.8 Å². The number of carbonyl (C=O) groups excluding carboxylic acids is 1. The summed E-state index contributed by atoms with van der Waals surface area (Å²) in [6, 6.07) is 12.8. The van der Waals surface area contributed by atoms with Gasteiger partial charge in [-0.25, -0.2) is 4.21 Å². The maximum Gasteiger partial charge on any atom is 0.475 e. The summed E-state index contributed by atoms with van der Waals surface area (Å²) in [5, 5.41) is 11.6. The number of ether oxygens (including phenoxy) is 1. The maximum absolute atomic E-state index is 12.4. The van der Waals surface area contributed by atoms with Crippen LogP contribution in [0.25, 0.3) is 6.08 Å². The number of methoxy groups -OCH3 is 1. The fourth-order valence-electron chi connectivity index (χ4n) is 2.01. The van der Waals surface area contributed by atoms with Gasteiger partial charge in [0.2, 0.25) is 0 Å². The average molecular weight is 394 g/mol. The number of rotatable bonds is 5. The van der Waals surface area contributed by atoms with Crippen LogP contribution in [0.1, 0.15) is 5.56 Å². The van der Waals surface area contributed by atoms with Gasteiger partial charge in [-0.3, -0.25) is 4.79 Å². The van der Waals surface area contributed by atoms with Crippen molar-refractivity contribution >= 4 is 28.5 Å². The molecule has 140 valence electrons. The third kappa shape index (κ3) is 5.43. The van der Waals surface area contributed by atoms with E-state index in [1.54, 1.807) is 30.3 Å². The molecule has 0 aromatic heterocycles. The lowest BCUT2D eigenvalue weighted by molar-refractivity contribution is -0.112. The van der Waals surface area contributed by atoms with Gasteiger partial charge < -0.3 is 10.1 Å². The fourth-order valence-corrected chi connectivity index (χ4v) is 2.66. The van der Waals surface area contributed by atoms with Crippen molar-refractivity contribution in [1.82, 2.24) is 0 Å². The van der Waals surface area contributed by atoms with Crippen LogP contribution in [0, 0.1) is 11.3 Å². The summed E-state index contributed by atoms with van der Waals surface area (Å²) in [6.07, 6.45) is 1.36. The van der Waals surface area contributed by atoms with E-state index in [4.69, 9.17) is 4.74 Å². The zero-order chi connectivity index (χ0) is 20.0. The lowest BCUT2D eigenvalue weighted by atomic mass is 10.1. The summed E-state index contributed by atoms with van der Waals surface area (Å²) >= 11 is 0. The van der Waals surface area contributed by atoms with Gasteiger partial charge >= 0.3 is 5.51 Å². The Morgan fingerprint density at radius 1 is 1.15 bits per heavy atom. The zero-order valence-corrected chi connectivity index (χ0v) is 14.7. The number of halogens is 3. The van der Waals surface area contributed by atoms with Crippen molar-refractivity contribution in [2.24, 2.45) is 0 Å². The molecule has 2 aromatic rings. The minimum atomic E-state index is -4.86.